The van der Waals surface area contributed by atoms with Crippen LogP contribution in [0.4, 0.5) is 8.78 Å². The summed E-state index contributed by atoms with van der Waals surface area (Å²) in [6, 6.07) is 33.1. The smallest absolute Gasteiger partial charge is 0.173 e. The minimum absolute atomic E-state index is 0.279. The van der Waals surface area contributed by atoms with Gasteiger partial charge in [0.25, 0.3) is 0 Å². The second-order valence-corrected chi connectivity index (χ2v) is 12.0. The van der Waals surface area contributed by atoms with Crippen LogP contribution in [0.1, 0.15) is 46.0 Å². The first kappa shape index (κ1) is 31.4. The number of tetrazole rings is 2. The van der Waals surface area contributed by atoms with Crippen molar-refractivity contribution in [3.8, 4) is 0 Å². The Labute approximate surface area is 277 Å². The summed E-state index contributed by atoms with van der Waals surface area (Å²) in [5.41, 5.74) is 4.23. The van der Waals surface area contributed by atoms with Gasteiger partial charge in [-0.3, -0.25) is 9.80 Å². The molecule has 1 aliphatic heterocycles. The zero-order valence-corrected chi connectivity index (χ0v) is 26.4. The summed E-state index contributed by atoms with van der Waals surface area (Å²) in [6.07, 6.45) is 1.56. The van der Waals surface area contributed by atoms with E-state index in [1.54, 1.807) is 0 Å². The maximum absolute atomic E-state index is 14.1. The van der Waals surface area contributed by atoms with Crippen LogP contribution in [0.25, 0.3) is 0 Å². The first-order valence-electron chi connectivity index (χ1n) is 16.2. The van der Waals surface area contributed by atoms with Gasteiger partial charge >= 0.3 is 0 Å². The molecular formula is C36H36F2N10. The monoisotopic (exact) mass is 646 g/mol. The highest BCUT2D eigenvalue weighted by molar-refractivity contribution is 5.28. The molecule has 48 heavy (non-hydrogen) atoms. The van der Waals surface area contributed by atoms with E-state index in [4.69, 9.17) is 0 Å². The molecule has 0 bridgehead atoms. The fourth-order valence-corrected chi connectivity index (χ4v) is 6.48. The Morgan fingerprint density at radius 1 is 0.500 bits per heavy atom. The van der Waals surface area contributed by atoms with Gasteiger partial charge in [0.2, 0.25) is 0 Å². The van der Waals surface area contributed by atoms with Gasteiger partial charge in [-0.2, -0.15) is 0 Å². The summed E-state index contributed by atoms with van der Waals surface area (Å²) in [4.78, 5) is 4.68. The van der Waals surface area contributed by atoms with Crippen molar-refractivity contribution in [3.05, 3.63) is 155 Å². The zero-order valence-electron chi connectivity index (χ0n) is 26.4. The van der Waals surface area contributed by atoms with Crippen LogP contribution in [0, 0.1) is 11.6 Å². The molecular weight excluding hydrogens is 610 g/mol. The van der Waals surface area contributed by atoms with Gasteiger partial charge in [-0.1, -0.05) is 84.9 Å². The van der Waals surface area contributed by atoms with Crippen molar-refractivity contribution in [1.29, 1.82) is 0 Å². The molecule has 1 fully saturated rings. The van der Waals surface area contributed by atoms with Crippen LogP contribution in [-0.4, -0.2) is 76.4 Å². The molecule has 0 amide bonds. The quantitative estimate of drug-likeness (QED) is 0.185. The van der Waals surface area contributed by atoms with Crippen LogP contribution in [0.3, 0.4) is 0 Å². The maximum atomic E-state index is 14.1. The Balaban J connectivity index is 1.14. The molecule has 12 heteroatoms. The third-order valence-corrected chi connectivity index (χ3v) is 8.97. The van der Waals surface area contributed by atoms with Gasteiger partial charge in [0.05, 0.1) is 12.1 Å². The number of piperazine rings is 1. The second-order valence-electron chi connectivity index (χ2n) is 12.0. The molecule has 6 aromatic rings. The summed E-state index contributed by atoms with van der Waals surface area (Å²) in [7, 11) is 0. The number of aryl methyl sites for hydroxylation is 4. The molecule has 3 heterocycles. The summed E-state index contributed by atoms with van der Waals surface area (Å²) in [5.74, 6) is 0.841. The number of halogens is 2. The molecule has 0 spiro atoms. The Bertz CT molecular complexity index is 1730. The molecule has 4 aromatic carbocycles. The van der Waals surface area contributed by atoms with E-state index in [2.05, 4.69) is 65.1 Å². The fourth-order valence-electron chi connectivity index (χ4n) is 6.48. The predicted molar refractivity (Wildman–Crippen MR) is 176 cm³/mol. The van der Waals surface area contributed by atoms with Gasteiger partial charge in [0.15, 0.2) is 11.6 Å². The molecule has 7 rings (SSSR count). The molecule has 1 saturated heterocycles. The summed E-state index contributed by atoms with van der Waals surface area (Å²) in [6.45, 7) is 3.94. The normalized spacial score (nSPS) is 15.4. The number of rotatable bonds is 12. The molecule has 244 valence electrons. The van der Waals surface area contributed by atoms with E-state index in [1.807, 2.05) is 70.0 Å². The van der Waals surface area contributed by atoms with Crippen molar-refractivity contribution >= 4 is 0 Å². The van der Waals surface area contributed by atoms with E-state index < -0.39 is 0 Å². The molecule has 0 aliphatic carbocycles. The lowest BCUT2D eigenvalue weighted by molar-refractivity contribution is 0.0822. The standard InChI is InChI=1S/C36H36F2N10/c37-31-15-11-29(12-16-31)33(35-39-41-43-47(35)21-19-27-7-3-1-4-8-27)45-23-25-46(26-24-45)34(30-13-17-32(38)18-14-30)36-40-42-44-48(36)22-20-28-9-5-2-6-10-28/h1-18,33-34H,19-26H2/t33-,34+. The highest BCUT2D eigenvalue weighted by atomic mass is 19.1. The van der Waals surface area contributed by atoms with E-state index in [0.29, 0.717) is 50.9 Å². The van der Waals surface area contributed by atoms with Crippen LogP contribution >= 0.6 is 0 Å². The van der Waals surface area contributed by atoms with Crippen LogP contribution < -0.4 is 0 Å². The van der Waals surface area contributed by atoms with E-state index in [9.17, 15) is 8.78 Å². The van der Waals surface area contributed by atoms with Gasteiger partial charge in [0.1, 0.15) is 11.6 Å². The van der Waals surface area contributed by atoms with Crippen LogP contribution in [0.5, 0.6) is 0 Å². The van der Waals surface area contributed by atoms with Gasteiger partial charge in [-0.05, 0) is 80.2 Å². The minimum Gasteiger partial charge on any atom is -0.287 e. The minimum atomic E-state index is -0.293. The summed E-state index contributed by atoms with van der Waals surface area (Å²) >= 11 is 0. The van der Waals surface area contributed by atoms with Crippen LogP contribution in [0.2, 0.25) is 0 Å². The summed E-state index contributed by atoms with van der Waals surface area (Å²) in [5, 5.41) is 25.8. The Morgan fingerprint density at radius 2 is 0.875 bits per heavy atom. The van der Waals surface area contributed by atoms with E-state index in [0.717, 1.165) is 24.0 Å². The first-order chi connectivity index (χ1) is 23.6. The van der Waals surface area contributed by atoms with Crippen molar-refractivity contribution in [2.24, 2.45) is 0 Å². The number of benzene rings is 4. The molecule has 0 radical (unpaired) electrons. The molecule has 0 saturated carbocycles. The van der Waals surface area contributed by atoms with E-state index in [1.165, 1.54) is 35.4 Å². The SMILES string of the molecule is Fc1ccc([C@H](c2nnnn2CCc2ccccc2)N2CCN([C@@H](c3ccc(F)cc3)c3nnnn3CCc3ccccc3)CC2)cc1. The largest absolute Gasteiger partial charge is 0.287 e. The average molecular weight is 647 g/mol. The number of hydrogen-bond acceptors (Lipinski definition) is 8. The van der Waals surface area contributed by atoms with Crippen molar-refractivity contribution < 1.29 is 8.78 Å². The molecule has 1 aliphatic rings. The lowest BCUT2D eigenvalue weighted by atomic mass is 10.0. The topological polar surface area (TPSA) is 93.7 Å². The van der Waals surface area contributed by atoms with Gasteiger partial charge in [-0.25, -0.2) is 18.1 Å². The molecule has 0 unspecified atom stereocenters. The third kappa shape index (κ3) is 7.19. The van der Waals surface area contributed by atoms with Crippen molar-refractivity contribution in [1.82, 2.24) is 50.2 Å². The molecule has 0 N–H and O–H groups in total. The lowest BCUT2D eigenvalue weighted by Crippen LogP contribution is -2.50. The second kappa shape index (κ2) is 14.7. The number of aromatic nitrogens is 8. The zero-order chi connectivity index (χ0) is 32.7. The van der Waals surface area contributed by atoms with Crippen LogP contribution in [0.15, 0.2) is 109 Å². The fraction of sp³-hybridized carbons (Fsp3) is 0.278. The van der Waals surface area contributed by atoms with Crippen molar-refractivity contribution in [3.63, 3.8) is 0 Å². The highest BCUT2D eigenvalue weighted by Gasteiger charge is 2.35. The maximum Gasteiger partial charge on any atom is 0.173 e. The Hall–Kier alpha value is -5.20. The van der Waals surface area contributed by atoms with Gasteiger partial charge < -0.3 is 0 Å². The predicted octanol–water partition coefficient (Wildman–Crippen LogP) is 4.92. The first-order valence-corrected chi connectivity index (χ1v) is 16.2. The highest BCUT2D eigenvalue weighted by Crippen LogP contribution is 2.33. The Kier molecular flexibility index (Phi) is 9.62. The summed E-state index contributed by atoms with van der Waals surface area (Å²) < 4.78 is 31.8. The van der Waals surface area contributed by atoms with Gasteiger partial charge in [-0.15, -0.1) is 10.2 Å². The molecule has 2 aromatic heterocycles. The van der Waals surface area contributed by atoms with E-state index in [-0.39, 0.29) is 23.7 Å². The number of hydrogen-bond donors (Lipinski definition) is 0. The average Bonchev–Trinajstić information content (AvgIpc) is 3.80. The van der Waals surface area contributed by atoms with E-state index >= 15 is 0 Å². The Morgan fingerprint density at radius 3 is 1.25 bits per heavy atom. The van der Waals surface area contributed by atoms with Crippen LogP contribution in [-0.2, 0) is 25.9 Å². The van der Waals surface area contributed by atoms with Crippen molar-refractivity contribution in [2.45, 2.75) is 38.0 Å². The molecule has 2 atom stereocenters. The van der Waals surface area contributed by atoms with Crippen molar-refractivity contribution in [2.75, 3.05) is 26.2 Å². The third-order valence-electron chi connectivity index (χ3n) is 8.97. The molecule has 10 nitrogen and oxygen atoms in total. The lowest BCUT2D eigenvalue weighted by Gasteiger charge is -2.41. The number of nitrogens with zero attached hydrogens (tertiary/aromatic N) is 10. The van der Waals surface area contributed by atoms with Gasteiger partial charge in [0, 0.05) is 39.3 Å².